The minimum atomic E-state index is -0.495. The van der Waals surface area contributed by atoms with E-state index in [4.69, 9.17) is 10.8 Å². The Bertz CT molecular complexity index is 851. The molecule has 2 N–H and O–H groups in total. The van der Waals surface area contributed by atoms with Crippen LogP contribution in [0.1, 0.15) is 36.5 Å². The van der Waals surface area contributed by atoms with Crippen LogP contribution in [0.25, 0.3) is 0 Å². The van der Waals surface area contributed by atoms with Crippen LogP contribution < -0.4 is 5.73 Å². The summed E-state index contributed by atoms with van der Waals surface area (Å²) in [5.41, 5.74) is 9.52. The van der Waals surface area contributed by atoms with Crippen LogP contribution in [0.5, 0.6) is 0 Å². The summed E-state index contributed by atoms with van der Waals surface area (Å²) in [5.74, 6) is 0.253. The molecule has 1 spiro atoms. The second-order valence-electron chi connectivity index (χ2n) is 6.87. The maximum absolute atomic E-state index is 12.6. The molecule has 0 bridgehead atoms. The predicted molar refractivity (Wildman–Crippen MR) is 107 cm³/mol. The third kappa shape index (κ3) is 2.66. The summed E-state index contributed by atoms with van der Waals surface area (Å²) in [7, 11) is 0. The molecule has 0 fully saturated rings. The second kappa shape index (κ2) is 6.89. The highest BCUT2D eigenvalue weighted by atomic mass is 32.2. The lowest BCUT2D eigenvalue weighted by molar-refractivity contribution is -0.134. The first-order valence-corrected chi connectivity index (χ1v) is 9.90. The standard InChI is InChI=1S/C21H23N3OS/c1-15(25)24-21(26-20(23-24)17-8-3-2-4-9-17)18(13-14-22)12-11-16-7-5-6-10-19(16)21/h2-10,18H,11-14,22H2,1H3/t18-,21+/m1/s1. The molecule has 0 unspecified atom stereocenters. The molecule has 1 heterocycles. The topological polar surface area (TPSA) is 58.7 Å². The van der Waals surface area contributed by atoms with E-state index in [-0.39, 0.29) is 11.8 Å². The maximum Gasteiger partial charge on any atom is 0.241 e. The molecule has 1 aliphatic carbocycles. The predicted octanol–water partition coefficient (Wildman–Crippen LogP) is 3.71. The Hall–Kier alpha value is -2.11. The van der Waals surface area contributed by atoms with E-state index in [2.05, 4.69) is 36.4 Å². The van der Waals surface area contributed by atoms with Crippen LogP contribution in [-0.2, 0) is 16.1 Å². The summed E-state index contributed by atoms with van der Waals surface area (Å²) in [5, 5.41) is 7.41. The number of hydrogen-bond donors (Lipinski definition) is 1. The Balaban J connectivity index is 1.87. The molecule has 1 aliphatic heterocycles. The molecule has 134 valence electrons. The van der Waals surface area contributed by atoms with Crippen LogP contribution >= 0.6 is 11.8 Å². The number of hydrazone groups is 1. The molecule has 2 atom stereocenters. The van der Waals surface area contributed by atoms with Gasteiger partial charge in [0.1, 0.15) is 9.91 Å². The Kier molecular flexibility index (Phi) is 4.59. The molecule has 0 radical (unpaired) electrons. The van der Waals surface area contributed by atoms with Crippen molar-refractivity contribution in [2.45, 2.75) is 31.1 Å². The van der Waals surface area contributed by atoms with Crippen molar-refractivity contribution in [3.63, 3.8) is 0 Å². The molecule has 1 amide bonds. The van der Waals surface area contributed by atoms with Crippen molar-refractivity contribution < 1.29 is 4.79 Å². The Labute approximate surface area is 158 Å². The molecule has 0 aromatic heterocycles. The first-order chi connectivity index (χ1) is 12.7. The zero-order valence-corrected chi connectivity index (χ0v) is 15.7. The molecular weight excluding hydrogens is 342 g/mol. The van der Waals surface area contributed by atoms with Gasteiger partial charge in [-0.15, -0.1) is 0 Å². The van der Waals surface area contributed by atoms with E-state index in [1.165, 1.54) is 11.1 Å². The van der Waals surface area contributed by atoms with Gasteiger partial charge in [0.2, 0.25) is 5.91 Å². The molecule has 2 aromatic carbocycles. The first kappa shape index (κ1) is 17.3. The Morgan fingerprint density at radius 1 is 1.23 bits per heavy atom. The van der Waals surface area contributed by atoms with Crippen LogP contribution in [-0.4, -0.2) is 22.5 Å². The first-order valence-electron chi connectivity index (χ1n) is 9.09. The van der Waals surface area contributed by atoms with E-state index >= 15 is 0 Å². The van der Waals surface area contributed by atoms with Gasteiger partial charge in [0, 0.05) is 12.5 Å². The van der Waals surface area contributed by atoms with Crippen molar-refractivity contribution in [3.8, 4) is 0 Å². The van der Waals surface area contributed by atoms with Crippen LogP contribution in [0.15, 0.2) is 59.7 Å². The van der Waals surface area contributed by atoms with Crippen molar-refractivity contribution in [3.05, 3.63) is 71.3 Å². The van der Waals surface area contributed by atoms with Gasteiger partial charge in [-0.05, 0) is 42.9 Å². The van der Waals surface area contributed by atoms with Crippen molar-refractivity contribution in [1.29, 1.82) is 0 Å². The molecule has 4 nitrogen and oxygen atoms in total. The molecule has 2 aliphatic rings. The summed E-state index contributed by atoms with van der Waals surface area (Å²) in [4.78, 5) is 12.1. The van der Waals surface area contributed by atoms with E-state index in [0.29, 0.717) is 6.54 Å². The van der Waals surface area contributed by atoms with Crippen LogP contribution in [0.3, 0.4) is 0 Å². The number of hydrogen-bond acceptors (Lipinski definition) is 4. The largest absolute Gasteiger partial charge is 0.330 e. The SMILES string of the molecule is CC(=O)N1N=C(c2ccccc2)S[C@@]12c1ccccc1CC[C@@H]2CCN. The van der Waals surface area contributed by atoms with Gasteiger partial charge in [-0.25, -0.2) is 5.01 Å². The van der Waals surface area contributed by atoms with Gasteiger partial charge in [-0.2, -0.15) is 5.10 Å². The smallest absolute Gasteiger partial charge is 0.241 e. The van der Waals surface area contributed by atoms with Crippen molar-refractivity contribution in [2.75, 3.05) is 6.54 Å². The van der Waals surface area contributed by atoms with E-state index < -0.39 is 4.87 Å². The maximum atomic E-state index is 12.6. The van der Waals surface area contributed by atoms with E-state index in [0.717, 1.165) is 29.9 Å². The van der Waals surface area contributed by atoms with Gasteiger partial charge >= 0.3 is 0 Å². The van der Waals surface area contributed by atoms with E-state index in [9.17, 15) is 4.79 Å². The third-order valence-electron chi connectivity index (χ3n) is 5.31. The highest BCUT2D eigenvalue weighted by Crippen LogP contribution is 2.57. The average Bonchev–Trinajstić information content (AvgIpc) is 3.07. The number of carbonyl (C=O) groups excluding carboxylic acids is 1. The Morgan fingerprint density at radius 2 is 1.96 bits per heavy atom. The number of nitrogens with zero attached hydrogens (tertiary/aromatic N) is 2. The summed E-state index contributed by atoms with van der Waals surface area (Å²) < 4.78 is 0. The van der Waals surface area contributed by atoms with E-state index in [1.54, 1.807) is 23.7 Å². The summed E-state index contributed by atoms with van der Waals surface area (Å²) in [6, 6.07) is 18.6. The van der Waals surface area contributed by atoms with Crippen LogP contribution in [0.2, 0.25) is 0 Å². The summed E-state index contributed by atoms with van der Waals surface area (Å²) in [6.07, 6.45) is 2.92. The number of aryl methyl sites for hydroxylation is 1. The molecule has 0 saturated heterocycles. The number of thioether (sulfide) groups is 1. The van der Waals surface area contributed by atoms with Crippen molar-refractivity contribution in [2.24, 2.45) is 16.8 Å². The number of nitrogens with two attached hydrogens (primary N) is 1. The molecule has 26 heavy (non-hydrogen) atoms. The number of rotatable bonds is 3. The van der Waals surface area contributed by atoms with Gasteiger partial charge in [0.05, 0.1) is 0 Å². The van der Waals surface area contributed by atoms with Gasteiger partial charge in [-0.1, -0.05) is 66.4 Å². The number of fused-ring (bicyclic) bond motifs is 2. The summed E-state index contributed by atoms with van der Waals surface area (Å²) >= 11 is 1.71. The fourth-order valence-electron chi connectivity index (χ4n) is 4.18. The molecule has 5 heteroatoms. The average molecular weight is 366 g/mol. The van der Waals surface area contributed by atoms with E-state index in [1.807, 2.05) is 18.2 Å². The fraction of sp³-hybridized carbons (Fsp3) is 0.333. The monoisotopic (exact) mass is 365 g/mol. The highest BCUT2D eigenvalue weighted by molar-refractivity contribution is 8.15. The quantitative estimate of drug-likeness (QED) is 0.902. The van der Waals surface area contributed by atoms with Gasteiger partial charge in [0.15, 0.2) is 0 Å². The number of benzene rings is 2. The molecule has 2 aromatic rings. The Morgan fingerprint density at radius 3 is 2.69 bits per heavy atom. The minimum absolute atomic E-state index is 0.0258. The third-order valence-corrected chi connectivity index (χ3v) is 6.86. The van der Waals surface area contributed by atoms with Crippen molar-refractivity contribution in [1.82, 2.24) is 5.01 Å². The lowest BCUT2D eigenvalue weighted by Gasteiger charge is -2.45. The zero-order valence-electron chi connectivity index (χ0n) is 14.9. The van der Waals surface area contributed by atoms with Gasteiger partial charge < -0.3 is 5.73 Å². The lowest BCUT2D eigenvalue weighted by Crippen LogP contribution is -2.49. The van der Waals surface area contributed by atoms with Crippen molar-refractivity contribution >= 4 is 22.7 Å². The lowest BCUT2D eigenvalue weighted by atomic mass is 9.77. The summed E-state index contributed by atoms with van der Waals surface area (Å²) in [6.45, 7) is 2.22. The molecular formula is C21H23N3OS. The molecule has 4 rings (SSSR count). The highest BCUT2D eigenvalue weighted by Gasteiger charge is 2.54. The molecule has 0 saturated carbocycles. The number of amides is 1. The van der Waals surface area contributed by atoms with Crippen LogP contribution in [0.4, 0.5) is 0 Å². The minimum Gasteiger partial charge on any atom is -0.330 e. The van der Waals surface area contributed by atoms with Gasteiger partial charge in [0.25, 0.3) is 0 Å². The van der Waals surface area contributed by atoms with Crippen LogP contribution in [0, 0.1) is 5.92 Å². The van der Waals surface area contributed by atoms with Gasteiger partial charge in [-0.3, -0.25) is 4.79 Å². The second-order valence-corrected chi connectivity index (χ2v) is 8.08. The normalized spacial score (nSPS) is 24.5. The zero-order chi connectivity index (χ0) is 18.1. The number of carbonyl (C=O) groups is 1. The fourth-order valence-corrected chi connectivity index (χ4v) is 5.82.